The summed E-state index contributed by atoms with van der Waals surface area (Å²) < 4.78 is 0. The number of aromatic hydroxyl groups is 4. The Balaban J connectivity index is 1.98. The van der Waals surface area contributed by atoms with Gasteiger partial charge in [-0.15, -0.1) is 0 Å². The van der Waals surface area contributed by atoms with Crippen LogP contribution in [0.25, 0.3) is 12.2 Å². The number of amides is 1. The maximum atomic E-state index is 13.1. The van der Waals surface area contributed by atoms with E-state index in [9.17, 15) is 45.0 Å². The quantitative estimate of drug-likeness (QED) is 0.163. The molecule has 3 rings (SSSR count). The SMILES string of the molecule is NC(=O)C1(O)CC(N)(C(=O)/C=C/c2ccc(O)c(O)c2)C(O)C(N)(C(=O)/C=C/c2ccc(O)c(O)c2)C1. The molecule has 0 bridgehead atoms. The maximum absolute atomic E-state index is 13.1. The number of carbonyl (C=O) groups is 3. The number of phenolic OH excluding ortho intramolecular Hbond substituents is 4. The summed E-state index contributed by atoms with van der Waals surface area (Å²) >= 11 is 0. The number of primary amides is 1. The molecule has 2 aromatic rings. The average molecular weight is 514 g/mol. The highest BCUT2D eigenvalue weighted by atomic mass is 16.3. The van der Waals surface area contributed by atoms with Crippen molar-refractivity contribution in [1.82, 2.24) is 0 Å². The molecule has 12 N–H and O–H groups in total. The molecule has 1 saturated carbocycles. The number of carbonyl (C=O) groups excluding carboxylic acids is 3. The van der Waals surface area contributed by atoms with Crippen molar-refractivity contribution in [2.45, 2.75) is 35.6 Å². The van der Waals surface area contributed by atoms with Gasteiger partial charge in [0.05, 0.1) is 0 Å². The van der Waals surface area contributed by atoms with E-state index in [1.54, 1.807) is 0 Å². The lowest BCUT2D eigenvalue weighted by Gasteiger charge is -2.51. The van der Waals surface area contributed by atoms with Crippen LogP contribution in [0.15, 0.2) is 48.6 Å². The van der Waals surface area contributed by atoms with Crippen molar-refractivity contribution in [2.75, 3.05) is 0 Å². The zero-order valence-corrected chi connectivity index (χ0v) is 19.4. The molecule has 196 valence electrons. The molecule has 37 heavy (non-hydrogen) atoms. The topological polar surface area (TPSA) is 251 Å². The van der Waals surface area contributed by atoms with Gasteiger partial charge in [-0.2, -0.15) is 0 Å². The Labute approximate surface area is 210 Å². The van der Waals surface area contributed by atoms with E-state index in [0.717, 1.165) is 24.3 Å². The molecule has 12 nitrogen and oxygen atoms in total. The average Bonchev–Trinajstić information content (AvgIpc) is 2.83. The minimum atomic E-state index is -2.54. The molecule has 2 atom stereocenters. The first-order chi connectivity index (χ1) is 17.1. The summed E-state index contributed by atoms with van der Waals surface area (Å²) in [5.41, 5.74) is 10.9. The summed E-state index contributed by atoms with van der Waals surface area (Å²) in [4.78, 5) is 38.4. The molecule has 0 aliphatic heterocycles. The highest BCUT2D eigenvalue weighted by molar-refractivity contribution is 6.07. The monoisotopic (exact) mass is 513 g/mol. The summed E-state index contributed by atoms with van der Waals surface area (Å²) in [6, 6.07) is 7.35. The second-order valence-electron chi connectivity index (χ2n) is 9.12. The summed E-state index contributed by atoms with van der Waals surface area (Å²) in [6.07, 6.45) is 0.416. The van der Waals surface area contributed by atoms with Gasteiger partial charge in [0.2, 0.25) is 5.91 Å². The van der Waals surface area contributed by atoms with Crippen molar-refractivity contribution in [1.29, 1.82) is 0 Å². The Morgan fingerprint density at radius 3 is 1.46 bits per heavy atom. The van der Waals surface area contributed by atoms with Gasteiger partial charge in [0.1, 0.15) is 22.8 Å². The van der Waals surface area contributed by atoms with E-state index >= 15 is 0 Å². The lowest BCUT2D eigenvalue weighted by Crippen LogP contribution is -2.79. The first kappa shape index (κ1) is 27.4. The van der Waals surface area contributed by atoms with E-state index in [0.29, 0.717) is 0 Å². The fourth-order valence-electron chi connectivity index (χ4n) is 4.24. The number of hydrogen-bond donors (Lipinski definition) is 9. The second-order valence-corrected chi connectivity index (χ2v) is 9.12. The van der Waals surface area contributed by atoms with Gasteiger partial charge >= 0.3 is 0 Å². The van der Waals surface area contributed by atoms with Gasteiger partial charge < -0.3 is 47.8 Å². The van der Waals surface area contributed by atoms with Crippen LogP contribution in [0.1, 0.15) is 24.0 Å². The zero-order chi connectivity index (χ0) is 27.8. The van der Waals surface area contributed by atoms with Crippen LogP contribution >= 0.6 is 0 Å². The van der Waals surface area contributed by atoms with Crippen LogP contribution in [0.2, 0.25) is 0 Å². The number of aliphatic hydroxyl groups is 2. The van der Waals surface area contributed by atoms with Crippen molar-refractivity contribution < 1.29 is 45.0 Å². The van der Waals surface area contributed by atoms with Gasteiger partial charge in [0.25, 0.3) is 0 Å². The standard InChI is InChI=1S/C25H27N3O9/c26-22(36)23(37)11-24(27,19(33)7-3-13-1-5-15(29)17(31)9-13)21(35)25(28,12-23)20(34)8-4-14-2-6-16(30)18(32)10-14/h1-10,21,29-32,35,37H,11-12,27-28H2,(H2,26,36)/b7-3+,8-4+. The van der Waals surface area contributed by atoms with Crippen LogP contribution in [0, 0.1) is 0 Å². The van der Waals surface area contributed by atoms with Gasteiger partial charge in [-0.25, -0.2) is 0 Å². The van der Waals surface area contributed by atoms with Crippen molar-refractivity contribution in [3.8, 4) is 23.0 Å². The largest absolute Gasteiger partial charge is 0.504 e. The van der Waals surface area contributed by atoms with E-state index in [4.69, 9.17) is 17.2 Å². The number of hydrogen-bond acceptors (Lipinski definition) is 11. The lowest BCUT2D eigenvalue weighted by atomic mass is 9.60. The van der Waals surface area contributed by atoms with E-state index in [1.807, 2.05) is 0 Å². The molecular formula is C25H27N3O9. The van der Waals surface area contributed by atoms with Gasteiger partial charge in [-0.3, -0.25) is 14.4 Å². The minimum absolute atomic E-state index is 0.262. The first-order valence-corrected chi connectivity index (χ1v) is 10.9. The molecule has 1 aliphatic carbocycles. The molecule has 2 unspecified atom stereocenters. The summed E-state index contributed by atoms with van der Waals surface area (Å²) in [5.74, 6) is -5.05. The normalized spacial score (nSPS) is 27.9. The molecule has 2 aromatic carbocycles. The molecule has 1 amide bonds. The molecule has 0 heterocycles. The second kappa shape index (κ2) is 9.67. The number of aliphatic hydroxyl groups excluding tert-OH is 1. The van der Waals surface area contributed by atoms with Crippen LogP contribution in [0.4, 0.5) is 0 Å². The smallest absolute Gasteiger partial charge is 0.249 e. The Bertz CT molecular complexity index is 1230. The van der Waals surface area contributed by atoms with Crippen LogP contribution in [0.5, 0.6) is 23.0 Å². The van der Waals surface area contributed by atoms with Crippen LogP contribution in [-0.2, 0) is 14.4 Å². The fraction of sp³-hybridized carbons (Fsp3) is 0.240. The summed E-state index contributed by atoms with van der Waals surface area (Å²) in [7, 11) is 0. The van der Waals surface area contributed by atoms with Crippen molar-refractivity contribution in [3.05, 3.63) is 59.7 Å². The Morgan fingerprint density at radius 1 is 0.757 bits per heavy atom. The number of rotatable bonds is 7. The van der Waals surface area contributed by atoms with Crippen LogP contribution < -0.4 is 17.2 Å². The van der Waals surface area contributed by atoms with E-state index < -0.39 is 76.1 Å². The Morgan fingerprint density at radius 2 is 1.14 bits per heavy atom. The van der Waals surface area contributed by atoms with Crippen LogP contribution in [-0.4, -0.2) is 70.9 Å². The number of ketones is 2. The van der Waals surface area contributed by atoms with Gasteiger partial charge in [-0.05, 0) is 47.5 Å². The van der Waals surface area contributed by atoms with Crippen LogP contribution in [0.3, 0.4) is 0 Å². The van der Waals surface area contributed by atoms with Gasteiger partial charge in [0.15, 0.2) is 34.6 Å². The maximum Gasteiger partial charge on any atom is 0.249 e. The third-order valence-corrected chi connectivity index (χ3v) is 6.38. The summed E-state index contributed by atoms with van der Waals surface area (Å²) in [5, 5.41) is 60.1. The highest BCUT2D eigenvalue weighted by Crippen LogP contribution is 2.41. The highest BCUT2D eigenvalue weighted by Gasteiger charge is 2.64. The number of benzene rings is 2. The van der Waals surface area contributed by atoms with Gasteiger partial charge in [-0.1, -0.05) is 24.3 Å². The molecule has 1 aliphatic rings. The van der Waals surface area contributed by atoms with Crippen molar-refractivity contribution in [2.24, 2.45) is 17.2 Å². The molecule has 1 fully saturated rings. The first-order valence-electron chi connectivity index (χ1n) is 10.9. The number of nitrogens with two attached hydrogens (primary N) is 3. The van der Waals surface area contributed by atoms with E-state index in [2.05, 4.69) is 0 Å². The number of phenols is 4. The van der Waals surface area contributed by atoms with E-state index in [-0.39, 0.29) is 11.1 Å². The predicted octanol–water partition coefficient (Wildman–Crippen LogP) is -0.860. The zero-order valence-electron chi connectivity index (χ0n) is 19.4. The lowest BCUT2D eigenvalue weighted by molar-refractivity contribution is -0.163. The Hall–Kier alpha value is -4.23. The molecule has 0 aromatic heterocycles. The Kier molecular flexibility index (Phi) is 7.15. The molecule has 0 saturated heterocycles. The van der Waals surface area contributed by atoms with Crippen molar-refractivity contribution >= 4 is 29.6 Å². The third kappa shape index (κ3) is 5.17. The molecule has 12 heteroatoms. The fourth-order valence-corrected chi connectivity index (χ4v) is 4.24. The predicted molar refractivity (Wildman–Crippen MR) is 131 cm³/mol. The van der Waals surface area contributed by atoms with E-state index in [1.165, 1.54) is 36.4 Å². The summed E-state index contributed by atoms with van der Waals surface area (Å²) in [6.45, 7) is 0. The van der Waals surface area contributed by atoms with Gasteiger partial charge in [0, 0.05) is 12.8 Å². The van der Waals surface area contributed by atoms with Crippen molar-refractivity contribution in [3.63, 3.8) is 0 Å². The molecule has 0 radical (unpaired) electrons. The molecule has 0 spiro atoms. The molecular weight excluding hydrogens is 486 g/mol. The minimum Gasteiger partial charge on any atom is -0.504 e. The third-order valence-electron chi connectivity index (χ3n) is 6.38.